The van der Waals surface area contributed by atoms with Gasteiger partial charge in [0.2, 0.25) is 0 Å². The molecule has 6 heteroatoms. The molecule has 0 bridgehead atoms. The van der Waals surface area contributed by atoms with Gasteiger partial charge in [-0.2, -0.15) is 5.10 Å². The normalized spacial score (nSPS) is 15.6. The van der Waals surface area contributed by atoms with Gasteiger partial charge < -0.3 is 14.8 Å². The number of hydrogen-bond donors (Lipinski definition) is 1. The summed E-state index contributed by atoms with van der Waals surface area (Å²) in [5, 5.41) is 7.37. The Labute approximate surface area is 163 Å². The summed E-state index contributed by atoms with van der Waals surface area (Å²) in [5.41, 5.74) is 3.74. The molecule has 1 saturated heterocycles. The average Bonchev–Trinajstić information content (AvgIpc) is 3.05. The van der Waals surface area contributed by atoms with Crippen molar-refractivity contribution in [3.05, 3.63) is 64.6 Å². The lowest BCUT2D eigenvalue weighted by atomic mass is 10.1. The van der Waals surface area contributed by atoms with Crippen molar-refractivity contribution in [2.45, 2.75) is 6.92 Å². The highest BCUT2D eigenvalue weighted by Crippen LogP contribution is 2.27. The fourth-order valence-electron chi connectivity index (χ4n) is 4.10. The highest BCUT2D eigenvalue weighted by atomic mass is 16.1. The lowest BCUT2D eigenvalue weighted by molar-refractivity contribution is 0.313. The van der Waals surface area contributed by atoms with Crippen LogP contribution in [0.15, 0.2) is 53.3 Å². The van der Waals surface area contributed by atoms with E-state index in [1.807, 2.05) is 35.9 Å². The summed E-state index contributed by atoms with van der Waals surface area (Å²) in [4.78, 5) is 20.4. The number of aromatic amines is 1. The fourth-order valence-corrected chi connectivity index (χ4v) is 4.10. The number of aryl methyl sites for hydroxylation is 1. The lowest BCUT2D eigenvalue weighted by Crippen LogP contribution is -2.44. The molecule has 1 aliphatic heterocycles. The molecule has 6 nitrogen and oxygen atoms in total. The molecule has 1 aliphatic rings. The van der Waals surface area contributed by atoms with Crippen LogP contribution in [-0.2, 0) is 0 Å². The van der Waals surface area contributed by atoms with E-state index in [9.17, 15) is 4.79 Å². The summed E-state index contributed by atoms with van der Waals surface area (Å²) < 4.78 is 1.84. The first kappa shape index (κ1) is 17.0. The molecule has 1 N–H and O–H groups in total. The summed E-state index contributed by atoms with van der Waals surface area (Å²) in [6.07, 6.45) is 0. The van der Waals surface area contributed by atoms with Crippen molar-refractivity contribution in [3.63, 3.8) is 0 Å². The van der Waals surface area contributed by atoms with Crippen LogP contribution in [0.1, 0.15) is 5.69 Å². The minimum absolute atomic E-state index is 0.0849. The molecule has 0 saturated carbocycles. The molecule has 2 aromatic heterocycles. The molecule has 0 aliphatic carbocycles. The first-order valence-corrected chi connectivity index (χ1v) is 9.66. The molecule has 0 atom stereocenters. The van der Waals surface area contributed by atoms with Crippen molar-refractivity contribution in [2.75, 3.05) is 38.1 Å². The molecule has 0 amide bonds. The number of nitrogens with one attached hydrogen (secondary N) is 1. The molecular weight excluding hydrogens is 350 g/mol. The topological polar surface area (TPSA) is 57.2 Å². The van der Waals surface area contributed by atoms with Crippen molar-refractivity contribution in [2.24, 2.45) is 0 Å². The number of nitrogens with zero attached hydrogens (tertiary/aromatic N) is 4. The second kappa shape index (κ2) is 6.49. The smallest absolute Gasteiger partial charge is 0.257 e. The highest BCUT2D eigenvalue weighted by Gasteiger charge is 2.16. The minimum atomic E-state index is -0.0849. The second-order valence-corrected chi connectivity index (χ2v) is 7.53. The first-order valence-electron chi connectivity index (χ1n) is 9.66. The third-order valence-electron chi connectivity index (χ3n) is 5.70. The van der Waals surface area contributed by atoms with E-state index in [0.717, 1.165) is 54.0 Å². The maximum absolute atomic E-state index is 12.6. The number of piperazine rings is 1. The van der Waals surface area contributed by atoms with Crippen molar-refractivity contribution < 1.29 is 0 Å². The van der Waals surface area contributed by atoms with Crippen LogP contribution < -0.4 is 10.5 Å². The number of likely N-dealkylation sites (N-methyl/N-ethyl adjacent to an activating group) is 1. The van der Waals surface area contributed by atoms with Gasteiger partial charge in [-0.3, -0.25) is 4.79 Å². The molecule has 3 heterocycles. The van der Waals surface area contributed by atoms with Crippen molar-refractivity contribution >= 4 is 27.5 Å². The number of pyridine rings is 1. The van der Waals surface area contributed by atoms with E-state index in [4.69, 9.17) is 5.10 Å². The Kier molecular flexibility index (Phi) is 3.94. The Hall–Kier alpha value is -3.12. The van der Waals surface area contributed by atoms with E-state index in [1.165, 1.54) is 5.69 Å². The van der Waals surface area contributed by atoms with E-state index < -0.39 is 0 Å². The van der Waals surface area contributed by atoms with Gasteiger partial charge in [0.05, 0.1) is 11.4 Å². The largest absolute Gasteiger partial charge is 0.369 e. The number of aromatic nitrogens is 3. The van der Waals surface area contributed by atoms with Gasteiger partial charge in [-0.1, -0.05) is 18.2 Å². The Bertz CT molecular complexity index is 1210. The van der Waals surface area contributed by atoms with Crippen LogP contribution in [0.3, 0.4) is 0 Å². The Balaban J connectivity index is 1.59. The summed E-state index contributed by atoms with van der Waals surface area (Å²) in [7, 11) is 2.16. The number of rotatable bonds is 2. The molecule has 142 valence electrons. The van der Waals surface area contributed by atoms with E-state index in [2.05, 4.69) is 46.1 Å². The van der Waals surface area contributed by atoms with Crippen LogP contribution in [0.2, 0.25) is 0 Å². The molecule has 2 aromatic carbocycles. The zero-order chi connectivity index (χ0) is 19.3. The first-order chi connectivity index (χ1) is 13.6. The van der Waals surface area contributed by atoms with E-state index in [0.29, 0.717) is 5.39 Å². The average molecular weight is 373 g/mol. The molecule has 5 rings (SSSR count). The molecule has 4 aromatic rings. The van der Waals surface area contributed by atoms with Crippen molar-refractivity contribution in [1.82, 2.24) is 19.7 Å². The Morgan fingerprint density at radius 3 is 2.25 bits per heavy atom. The highest BCUT2D eigenvalue weighted by molar-refractivity contribution is 6.05. The number of hydrogen-bond acceptors (Lipinski definition) is 4. The van der Waals surface area contributed by atoms with Gasteiger partial charge in [-0.25, -0.2) is 4.68 Å². The summed E-state index contributed by atoms with van der Waals surface area (Å²) in [5.74, 6) is 0. The van der Waals surface area contributed by atoms with Crippen molar-refractivity contribution in [3.8, 4) is 5.69 Å². The van der Waals surface area contributed by atoms with Gasteiger partial charge in [0.1, 0.15) is 5.65 Å². The number of fused-ring (bicyclic) bond motifs is 3. The van der Waals surface area contributed by atoms with Gasteiger partial charge in [-0.05, 0) is 44.3 Å². The minimum Gasteiger partial charge on any atom is -0.369 e. The lowest BCUT2D eigenvalue weighted by Gasteiger charge is -2.34. The summed E-state index contributed by atoms with van der Waals surface area (Å²) in [6, 6.07) is 16.1. The zero-order valence-electron chi connectivity index (χ0n) is 16.1. The Morgan fingerprint density at radius 1 is 0.893 bits per heavy atom. The van der Waals surface area contributed by atoms with Crippen LogP contribution in [0, 0.1) is 6.92 Å². The predicted molar refractivity (Wildman–Crippen MR) is 114 cm³/mol. The van der Waals surface area contributed by atoms with E-state index in [1.54, 1.807) is 0 Å². The predicted octanol–water partition coefficient (Wildman–Crippen LogP) is 2.93. The van der Waals surface area contributed by atoms with E-state index in [-0.39, 0.29) is 5.56 Å². The third kappa shape index (κ3) is 2.68. The number of H-pyrrole nitrogens is 1. The molecule has 28 heavy (non-hydrogen) atoms. The quantitative estimate of drug-likeness (QED) is 0.587. The van der Waals surface area contributed by atoms with Crippen LogP contribution in [-0.4, -0.2) is 52.9 Å². The second-order valence-electron chi connectivity index (χ2n) is 7.53. The zero-order valence-corrected chi connectivity index (χ0v) is 16.1. The van der Waals surface area contributed by atoms with Gasteiger partial charge >= 0.3 is 0 Å². The molecule has 0 radical (unpaired) electrons. The maximum atomic E-state index is 12.6. The van der Waals surface area contributed by atoms with Gasteiger partial charge in [0.25, 0.3) is 5.56 Å². The molecule has 0 spiro atoms. The van der Waals surface area contributed by atoms with Gasteiger partial charge in [0.15, 0.2) is 0 Å². The van der Waals surface area contributed by atoms with Gasteiger partial charge in [-0.15, -0.1) is 0 Å². The van der Waals surface area contributed by atoms with Crippen LogP contribution in [0.4, 0.5) is 5.69 Å². The SMILES string of the molecule is Cc1nn(-c2ccc(N3CCN(C)CC3)cc2)c2[nH]c(=O)c3ccccc3c12. The van der Waals surface area contributed by atoms with Crippen LogP contribution >= 0.6 is 0 Å². The number of anilines is 1. The van der Waals surface area contributed by atoms with Gasteiger partial charge in [0, 0.05) is 48.0 Å². The van der Waals surface area contributed by atoms with Crippen LogP contribution in [0.5, 0.6) is 0 Å². The van der Waals surface area contributed by atoms with Crippen LogP contribution in [0.25, 0.3) is 27.5 Å². The monoisotopic (exact) mass is 373 g/mol. The molecular formula is C22H23N5O. The molecule has 0 unspecified atom stereocenters. The van der Waals surface area contributed by atoms with Crippen molar-refractivity contribution in [1.29, 1.82) is 0 Å². The summed E-state index contributed by atoms with van der Waals surface area (Å²) >= 11 is 0. The summed E-state index contributed by atoms with van der Waals surface area (Å²) in [6.45, 7) is 6.23. The third-order valence-corrected chi connectivity index (χ3v) is 5.70. The fraction of sp³-hybridized carbons (Fsp3) is 0.273. The molecule has 1 fully saturated rings. The number of benzene rings is 2. The Morgan fingerprint density at radius 2 is 1.54 bits per heavy atom. The standard InChI is InChI=1S/C22H23N5O/c1-15-20-18-5-3-4-6-19(18)22(28)23-21(20)27(24-15)17-9-7-16(8-10-17)26-13-11-25(2)12-14-26/h3-10H,11-14H2,1-2H3,(H,23,28). The maximum Gasteiger partial charge on any atom is 0.257 e. The van der Waals surface area contributed by atoms with E-state index >= 15 is 0 Å².